The van der Waals surface area contributed by atoms with Gasteiger partial charge in [0.1, 0.15) is 5.76 Å². The van der Waals surface area contributed by atoms with Crippen LogP contribution in [0, 0.1) is 0 Å². The predicted molar refractivity (Wildman–Crippen MR) is 93.1 cm³/mol. The van der Waals surface area contributed by atoms with Crippen LogP contribution in [0.2, 0.25) is 0 Å². The van der Waals surface area contributed by atoms with Crippen molar-refractivity contribution in [3.63, 3.8) is 0 Å². The van der Waals surface area contributed by atoms with Crippen molar-refractivity contribution in [2.24, 2.45) is 0 Å². The van der Waals surface area contributed by atoms with Gasteiger partial charge in [0.2, 0.25) is 5.91 Å². The summed E-state index contributed by atoms with van der Waals surface area (Å²) in [5, 5.41) is 3.62. The molecule has 0 unspecified atom stereocenters. The van der Waals surface area contributed by atoms with E-state index in [0.717, 1.165) is 21.0 Å². The number of benzene rings is 1. The highest BCUT2D eigenvalue weighted by atomic mass is 32.1. The van der Waals surface area contributed by atoms with E-state index < -0.39 is 0 Å². The second-order valence-electron chi connectivity index (χ2n) is 4.86. The lowest BCUT2D eigenvalue weighted by atomic mass is 10.3. The molecule has 5 heteroatoms. The molecule has 2 aromatic heterocycles. The molecule has 0 spiro atoms. The van der Waals surface area contributed by atoms with Crippen LogP contribution in [0.3, 0.4) is 0 Å². The van der Waals surface area contributed by atoms with Gasteiger partial charge in [-0.05, 0) is 31.2 Å². The number of nitrogens with zero attached hydrogens (tertiary/aromatic N) is 1. The molecule has 1 amide bonds. The van der Waals surface area contributed by atoms with Gasteiger partial charge in [-0.15, -0.1) is 11.3 Å². The molecule has 0 radical (unpaired) electrons. The molecule has 0 bridgehead atoms. The minimum absolute atomic E-state index is 0.152. The van der Waals surface area contributed by atoms with E-state index in [0.29, 0.717) is 12.3 Å². The fourth-order valence-corrected chi connectivity index (χ4v) is 2.98. The Hall–Kier alpha value is -2.66. The third-order valence-electron chi connectivity index (χ3n) is 3.15. The normalized spacial score (nSPS) is 11.7. The Morgan fingerprint density at radius 1 is 1.26 bits per heavy atom. The smallest absolute Gasteiger partial charge is 0.244 e. The molecule has 4 nitrogen and oxygen atoms in total. The molecule has 2 heterocycles. The average molecular weight is 324 g/mol. The maximum atomic E-state index is 11.6. The number of thiazole rings is 1. The summed E-state index contributed by atoms with van der Waals surface area (Å²) in [5.74, 6) is 1.27. The Labute approximate surface area is 138 Å². The molecule has 0 aliphatic heterocycles. The van der Waals surface area contributed by atoms with Crippen LogP contribution < -0.4 is 5.32 Å². The maximum Gasteiger partial charge on any atom is 0.244 e. The molecule has 1 N–H and O–H groups in total. The van der Waals surface area contributed by atoms with Crippen LogP contribution in [0.25, 0.3) is 21.0 Å². The van der Waals surface area contributed by atoms with Gasteiger partial charge in [-0.1, -0.05) is 30.4 Å². The quantitative estimate of drug-likeness (QED) is 0.562. The van der Waals surface area contributed by atoms with Crippen molar-refractivity contribution in [3.05, 3.63) is 66.5 Å². The molecule has 0 saturated carbocycles. The van der Waals surface area contributed by atoms with Crippen LogP contribution in [0.5, 0.6) is 0 Å². The first-order valence-electron chi connectivity index (χ1n) is 7.28. The number of carbonyl (C=O) groups is 1. The number of carbonyl (C=O) groups excluding carboxylic acids is 1. The summed E-state index contributed by atoms with van der Waals surface area (Å²) in [4.78, 5) is 16.2. The molecule has 0 aliphatic rings. The monoisotopic (exact) mass is 324 g/mol. The van der Waals surface area contributed by atoms with Crippen molar-refractivity contribution in [1.82, 2.24) is 10.3 Å². The Balaban J connectivity index is 1.67. The number of hydrogen-bond acceptors (Lipinski definition) is 4. The van der Waals surface area contributed by atoms with Crippen molar-refractivity contribution in [3.8, 4) is 10.8 Å². The third-order valence-corrected chi connectivity index (χ3v) is 4.21. The van der Waals surface area contributed by atoms with Crippen molar-refractivity contribution in [1.29, 1.82) is 0 Å². The Morgan fingerprint density at radius 3 is 2.96 bits per heavy atom. The summed E-state index contributed by atoms with van der Waals surface area (Å²) < 4.78 is 6.90. The highest BCUT2D eigenvalue weighted by Crippen LogP contribution is 2.30. The van der Waals surface area contributed by atoms with Crippen molar-refractivity contribution in [2.75, 3.05) is 0 Å². The van der Waals surface area contributed by atoms with Crippen LogP contribution in [0.1, 0.15) is 12.7 Å². The summed E-state index contributed by atoms with van der Waals surface area (Å²) in [6, 6.07) is 11.7. The van der Waals surface area contributed by atoms with Gasteiger partial charge in [0.05, 0.1) is 16.8 Å². The number of aromatic nitrogens is 1. The molecular weight excluding hydrogens is 308 g/mol. The summed E-state index contributed by atoms with van der Waals surface area (Å²) in [5.41, 5.74) is 0.966. The van der Waals surface area contributed by atoms with Crippen molar-refractivity contribution < 1.29 is 9.21 Å². The highest BCUT2D eigenvalue weighted by Gasteiger charge is 2.10. The van der Waals surface area contributed by atoms with Gasteiger partial charge in [-0.25, -0.2) is 4.98 Å². The number of rotatable bonds is 5. The third kappa shape index (κ3) is 3.76. The number of allylic oxidation sites excluding steroid dienone is 3. The minimum Gasteiger partial charge on any atom is -0.457 e. The lowest BCUT2D eigenvalue weighted by Gasteiger charge is -1.98. The molecule has 3 rings (SSSR count). The Morgan fingerprint density at radius 2 is 2.13 bits per heavy atom. The number of hydrogen-bond donors (Lipinski definition) is 1. The molecule has 0 fully saturated rings. The van der Waals surface area contributed by atoms with E-state index in [-0.39, 0.29) is 5.91 Å². The molecule has 116 valence electrons. The first kappa shape index (κ1) is 15.2. The molecule has 3 aromatic rings. The number of para-hydroxylation sites is 1. The SMILES string of the molecule is C/C=C/C=C/C(=O)NCc1ccc(-c2nc3ccccc3s2)o1. The van der Waals surface area contributed by atoms with Gasteiger partial charge >= 0.3 is 0 Å². The molecule has 23 heavy (non-hydrogen) atoms. The highest BCUT2D eigenvalue weighted by molar-refractivity contribution is 7.21. The number of nitrogens with one attached hydrogen (secondary N) is 1. The van der Waals surface area contributed by atoms with Crippen LogP contribution >= 0.6 is 11.3 Å². The minimum atomic E-state index is -0.152. The van der Waals surface area contributed by atoms with E-state index in [1.165, 1.54) is 6.08 Å². The molecule has 0 aliphatic carbocycles. The molecule has 1 aromatic carbocycles. The standard InChI is InChI=1S/C18H16N2O2S/c1-2-3-4-9-17(21)19-12-13-10-11-15(22-13)18-20-14-7-5-6-8-16(14)23-18/h2-11H,12H2,1H3,(H,19,21)/b3-2+,9-4+. The second-order valence-corrected chi connectivity index (χ2v) is 5.89. The number of amides is 1. The van der Waals surface area contributed by atoms with Gasteiger partial charge in [0, 0.05) is 6.08 Å². The summed E-state index contributed by atoms with van der Waals surface area (Å²) >= 11 is 1.59. The first-order valence-corrected chi connectivity index (χ1v) is 8.10. The summed E-state index contributed by atoms with van der Waals surface area (Å²) in [6.45, 7) is 2.25. The molecule has 0 saturated heterocycles. The second kappa shape index (κ2) is 7.07. The topological polar surface area (TPSA) is 55.1 Å². The van der Waals surface area contributed by atoms with E-state index in [1.807, 2.05) is 49.4 Å². The lowest BCUT2D eigenvalue weighted by Crippen LogP contribution is -2.19. The largest absolute Gasteiger partial charge is 0.457 e. The molecular formula is C18H16N2O2S. The summed E-state index contributed by atoms with van der Waals surface area (Å²) in [7, 11) is 0. The molecule has 0 atom stereocenters. The fourth-order valence-electron chi connectivity index (χ4n) is 2.05. The van der Waals surface area contributed by atoms with Gasteiger partial charge in [0.15, 0.2) is 10.8 Å². The van der Waals surface area contributed by atoms with Gasteiger partial charge in [0.25, 0.3) is 0 Å². The number of furan rings is 1. The van der Waals surface area contributed by atoms with Crippen molar-refractivity contribution >= 4 is 27.5 Å². The zero-order valence-corrected chi connectivity index (χ0v) is 13.5. The van der Waals surface area contributed by atoms with Gasteiger partial charge in [-0.2, -0.15) is 0 Å². The Kier molecular flexibility index (Phi) is 4.68. The van der Waals surface area contributed by atoms with Crippen LogP contribution in [0.4, 0.5) is 0 Å². The first-order chi connectivity index (χ1) is 11.3. The van der Waals surface area contributed by atoms with Crippen LogP contribution in [-0.4, -0.2) is 10.9 Å². The van der Waals surface area contributed by atoms with Gasteiger partial charge < -0.3 is 9.73 Å². The van der Waals surface area contributed by atoms with E-state index in [9.17, 15) is 4.79 Å². The van der Waals surface area contributed by atoms with E-state index in [1.54, 1.807) is 23.5 Å². The van der Waals surface area contributed by atoms with E-state index in [2.05, 4.69) is 10.3 Å². The van der Waals surface area contributed by atoms with E-state index in [4.69, 9.17) is 4.42 Å². The van der Waals surface area contributed by atoms with Gasteiger partial charge in [-0.3, -0.25) is 4.79 Å². The fraction of sp³-hybridized carbons (Fsp3) is 0.111. The van der Waals surface area contributed by atoms with Crippen molar-refractivity contribution in [2.45, 2.75) is 13.5 Å². The maximum absolute atomic E-state index is 11.6. The zero-order chi connectivity index (χ0) is 16.1. The van der Waals surface area contributed by atoms with E-state index >= 15 is 0 Å². The number of fused-ring (bicyclic) bond motifs is 1. The average Bonchev–Trinajstić information content (AvgIpc) is 3.19. The summed E-state index contributed by atoms with van der Waals surface area (Å²) in [6.07, 6.45) is 6.85. The van der Waals surface area contributed by atoms with Crippen LogP contribution in [0.15, 0.2) is 65.1 Å². The lowest BCUT2D eigenvalue weighted by molar-refractivity contribution is -0.116. The Bertz CT molecular complexity index is 841. The zero-order valence-electron chi connectivity index (χ0n) is 12.7. The van der Waals surface area contributed by atoms with Crippen LogP contribution in [-0.2, 0) is 11.3 Å². The predicted octanol–water partition coefficient (Wildman–Crippen LogP) is 4.30.